The van der Waals surface area contributed by atoms with Gasteiger partial charge in [0.25, 0.3) is 0 Å². The van der Waals surface area contributed by atoms with Gasteiger partial charge in [0, 0.05) is 30.6 Å². The minimum Gasteiger partial charge on any atom is -0.296 e. The van der Waals surface area contributed by atoms with Crippen molar-refractivity contribution in [3.63, 3.8) is 0 Å². The van der Waals surface area contributed by atoms with Gasteiger partial charge in [0.1, 0.15) is 5.82 Å². The van der Waals surface area contributed by atoms with E-state index < -0.39 is 0 Å². The van der Waals surface area contributed by atoms with Crippen molar-refractivity contribution in [1.82, 2.24) is 9.97 Å². The summed E-state index contributed by atoms with van der Waals surface area (Å²) < 4.78 is 0. The van der Waals surface area contributed by atoms with Crippen molar-refractivity contribution in [3.05, 3.63) is 28.0 Å². The van der Waals surface area contributed by atoms with Gasteiger partial charge in [-0.25, -0.2) is 9.97 Å². The number of halogens is 1. The second-order valence-electron chi connectivity index (χ2n) is 3.67. The molecular weight excluding hydrogens is 244 g/mol. The standard InChI is InChI=1S/C9H9ClN6O/c10-9-12-2-1-7(14-9)16-5-6(3-8(16)17)4-13-15-11/h1-2,6H,3-5H2. The van der Waals surface area contributed by atoms with E-state index in [2.05, 4.69) is 20.0 Å². The van der Waals surface area contributed by atoms with Gasteiger partial charge in [0.2, 0.25) is 11.2 Å². The maximum absolute atomic E-state index is 11.7. The zero-order valence-electron chi connectivity index (χ0n) is 8.82. The molecule has 1 amide bonds. The molecule has 1 atom stereocenters. The summed E-state index contributed by atoms with van der Waals surface area (Å²) in [5.41, 5.74) is 8.23. The van der Waals surface area contributed by atoms with Crippen molar-refractivity contribution in [1.29, 1.82) is 0 Å². The molecular formula is C9H9ClN6O. The van der Waals surface area contributed by atoms with Crippen LogP contribution in [0.1, 0.15) is 6.42 Å². The predicted molar refractivity (Wildman–Crippen MR) is 61.5 cm³/mol. The highest BCUT2D eigenvalue weighted by atomic mass is 35.5. The lowest BCUT2D eigenvalue weighted by Crippen LogP contribution is -2.25. The molecule has 2 rings (SSSR count). The summed E-state index contributed by atoms with van der Waals surface area (Å²) in [4.78, 5) is 23.7. The highest BCUT2D eigenvalue weighted by Gasteiger charge is 2.30. The summed E-state index contributed by atoms with van der Waals surface area (Å²) >= 11 is 5.66. The van der Waals surface area contributed by atoms with E-state index >= 15 is 0 Å². The number of carbonyl (C=O) groups excluding carboxylic acids is 1. The minimum absolute atomic E-state index is 0.0344. The van der Waals surface area contributed by atoms with Crippen LogP contribution in [0.2, 0.25) is 5.28 Å². The molecule has 2 heterocycles. The van der Waals surface area contributed by atoms with E-state index in [9.17, 15) is 4.79 Å². The molecule has 0 radical (unpaired) electrons. The Labute approximate surface area is 102 Å². The molecule has 1 saturated heterocycles. The molecule has 8 heteroatoms. The molecule has 0 spiro atoms. The number of rotatable bonds is 3. The molecule has 0 aromatic carbocycles. The summed E-state index contributed by atoms with van der Waals surface area (Å²) in [5, 5.41) is 3.58. The van der Waals surface area contributed by atoms with E-state index in [0.717, 1.165) is 0 Å². The van der Waals surface area contributed by atoms with Crippen molar-refractivity contribution >= 4 is 23.3 Å². The first-order valence-electron chi connectivity index (χ1n) is 5.00. The predicted octanol–water partition coefficient (Wildman–Crippen LogP) is 1.79. The number of carbonyl (C=O) groups is 1. The molecule has 0 bridgehead atoms. The van der Waals surface area contributed by atoms with Crippen molar-refractivity contribution in [2.45, 2.75) is 6.42 Å². The Morgan fingerprint density at radius 1 is 1.71 bits per heavy atom. The third-order valence-electron chi connectivity index (χ3n) is 2.50. The molecule has 1 aromatic rings. The highest BCUT2D eigenvalue weighted by molar-refractivity contribution is 6.28. The smallest absolute Gasteiger partial charge is 0.228 e. The van der Waals surface area contributed by atoms with E-state index in [4.69, 9.17) is 17.1 Å². The van der Waals surface area contributed by atoms with Crippen molar-refractivity contribution in [3.8, 4) is 0 Å². The quantitative estimate of drug-likeness (QED) is 0.355. The van der Waals surface area contributed by atoms with Gasteiger partial charge in [0.15, 0.2) is 0 Å². The van der Waals surface area contributed by atoms with Crippen LogP contribution >= 0.6 is 11.6 Å². The molecule has 17 heavy (non-hydrogen) atoms. The van der Waals surface area contributed by atoms with E-state index in [1.54, 1.807) is 6.07 Å². The molecule has 1 aromatic heterocycles. The van der Waals surface area contributed by atoms with Crippen LogP contribution < -0.4 is 4.90 Å². The van der Waals surface area contributed by atoms with Gasteiger partial charge in [0.05, 0.1) is 0 Å². The van der Waals surface area contributed by atoms with Gasteiger partial charge in [-0.15, -0.1) is 0 Å². The van der Waals surface area contributed by atoms with Gasteiger partial charge < -0.3 is 0 Å². The van der Waals surface area contributed by atoms with Gasteiger partial charge >= 0.3 is 0 Å². The summed E-state index contributed by atoms with van der Waals surface area (Å²) in [6.45, 7) is 0.808. The van der Waals surface area contributed by atoms with E-state index in [1.807, 2.05) is 0 Å². The Hall–Kier alpha value is -1.85. The fourth-order valence-electron chi connectivity index (χ4n) is 1.75. The lowest BCUT2D eigenvalue weighted by atomic mass is 10.1. The zero-order valence-corrected chi connectivity index (χ0v) is 9.58. The molecule has 1 fully saturated rings. The lowest BCUT2D eigenvalue weighted by molar-refractivity contribution is -0.117. The topological polar surface area (TPSA) is 94.9 Å². The Bertz CT molecular complexity index is 486. The van der Waals surface area contributed by atoms with Crippen LogP contribution in [0.25, 0.3) is 10.4 Å². The SMILES string of the molecule is [N-]=[N+]=NCC1CC(=O)N(c2ccnc(Cl)n2)C1. The molecule has 7 nitrogen and oxygen atoms in total. The fourth-order valence-corrected chi connectivity index (χ4v) is 1.90. The van der Waals surface area contributed by atoms with E-state index in [0.29, 0.717) is 25.3 Å². The molecule has 88 valence electrons. The summed E-state index contributed by atoms with van der Waals surface area (Å²) in [5.74, 6) is 0.475. The van der Waals surface area contributed by atoms with Crippen molar-refractivity contribution < 1.29 is 4.79 Å². The van der Waals surface area contributed by atoms with Crippen LogP contribution in [0.3, 0.4) is 0 Å². The first-order chi connectivity index (χ1) is 8.20. The van der Waals surface area contributed by atoms with Crippen molar-refractivity contribution in [2.24, 2.45) is 11.0 Å². The number of hydrogen-bond acceptors (Lipinski definition) is 4. The van der Waals surface area contributed by atoms with Gasteiger partial charge in [-0.2, -0.15) is 0 Å². The molecule has 0 N–H and O–H groups in total. The summed E-state index contributed by atoms with van der Waals surface area (Å²) in [6, 6.07) is 1.62. The molecule has 1 aliphatic heterocycles. The maximum atomic E-state index is 11.7. The first kappa shape index (κ1) is 11.6. The zero-order chi connectivity index (χ0) is 12.3. The number of hydrogen-bond donors (Lipinski definition) is 0. The first-order valence-corrected chi connectivity index (χ1v) is 5.38. The second-order valence-corrected chi connectivity index (χ2v) is 4.01. The van der Waals surface area contributed by atoms with Crippen LogP contribution in [-0.4, -0.2) is 29.0 Å². The average molecular weight is 253 g/mol. The maximum Gasteiger partial charge on any atom is 0.228 e. The average Bonchev–Trinajstić information content (AvgIpc) is 2.68. The molecule has 1 aliphatic rings. The Morgan fingerprint density at radius 2 is 2.53 bits per heavy atom. The van der Waals surface area contributed by atoms with E-state index in [-0.39, 0.29) is 17.1 Å². The number of nitrogens with zero attached hydrogens (tertiary/aromatic N) is 6. The van der Waals surface area contributed by atoms with Gasteiger partial charge in [-0.05, 0) is 29.1 Å². The van der Waals surface area contributed by atoms with Crippen LogP contribution in [-0.2, 0) is 4.79 Å². The number of amides is 1. The highest BCUT2D eigenvalue weighted by Crippen LogP contribution is 2.24. The largest absolute Gasteiger partial charge is 0.296 e. The summed E-state index contributed by atoms with van der Waals surface area (Å²) in [6.07, 6.45) is 1.86. The summed E-state index contributed by atoms with van der Waals surface area (Å²) in [7, 11) is 0. The van der Waals surface area contributed by atoms with Gasteiger partial charge in [-0.1, -0.05) is 5.11 Å². The third kappa shape index (κ3) is 2.64. The third-order valence-corrected chi connectivity index (χ3v) is 2.68. The molecule has 1 unspecified atom stereocenters. The van der Waals surface area contributed by atoms with Crippen LogP contribution in [0.15, 0.2) is 17.4 Å². The van der Waals surface area contributed by atoms with Crippen LogP contribution in [0, 0.1) is 5.92 Å². The lowest BCUT2D eigenvalue weighted by Gasteiger charge is -2.14. The second kappa shape index (κ2) is 4.99. The Kier molecular flexibility index (Phi) is 3.41. The molecule has 0 aliphatic carbocycles. The van der Waals surface area contributed by atoms with Crippen LogP contribution in [0.4, 0.5) is 5.82 Å². The Balaban J connectivity index is 2.12. The van der Waals surface area contributed by atoms with Gasteiger partial charge in [-0.3, -0.25) is 9.69 Å². The monoisotopic (exact) mass is 252 g/mol. The van der Waals surface area contributed by atoms with E-state index in [1.165, 1.54) is 11.1 Å². The van der Waals surface area contributed by atoms with Crippen molar-refractivity contribution in [2.75, 3.05) is 18.0 Å². The Morgan fingerprint density at radius 3 is 3.24 bits per heavy atom. The fraction of sp³-hybridized carbons (Fsp3) is 0.444. The normalized spacial score (nSPS) is 19.2. The number of anilines is 1. The molecule has 0 saturated carbocycles. The number of aromatic nitrogens is 2. The number of azide groups is 1. The minimum atomic E-state index is -0.0436. The van der Waals surface area contributed by atoms with Crippen LogP contribution in [0.5, 0.6) is 0 Å².